The standard InChI is InChI=1S/C17H23N3O6/c1-24-13-10-12(14(20(22)23)16(26-3)15(13)25-2)17(21)19-8-6-18(7-9-19)11-4-5-11/h10-11H,4-9H2,1-3H3. The number of benzene rings is 1. The van der Waals surface area contributed by atoms with Crippen LogP contribution in [0, 0.1) is 10.1 Å². The van der Waals surface area contributed by atoms with Gasteiger partial charge in [-0.2, -0.15) is 0 Å². The number of nitro benzene ring substituents is 1. The molecule has 142 valence electrons. The molecule has 1 saturated heterocycles. The fourth-order valence-corrected chi connectivity index (χ4v) is 3.39. The van der Waals surface area contributed by atoms with Crippen molar-refractivity contribution < 1.29 is 23.9 Å². The van der Waals surface area contributed by atoms with E-state index in [-0.39, 0.29) is 22.8 Å². The Morgan fingerprint density at radius 2 is 1.69 bits per heavy atom. The molecule has 0 spiro atoms. The van der Waals surface area contributed by atoms with E-state index >= 15 is 0 Å². The molecule has 1 aromatic rings. The van der Waals surface area contributed by atoms with E-state index in [1.54, 1.807) is 4.90 Å². The summed E-state index contributed by atoms with van der Waals surface area (Å²) in [5, 5.41) is 11.7. The van der Waals surface area contributed by atoms with Crippen molar-refractivity contribution in [1.82, 2.24) is 9.80 Å². The summed E-state index contributed by atoms with van der Waals surface area (Å²) in [6.45, 7) is 2.66. The summed E-state index contributed by atoms with van der Waals surface area (Å²) in [6.07, 6.45) is 2.43. The van der Waals surface area contributed by atoms with Crippen LogP contribution >= 0.6 is 0 Å². The second-order valence-electron chi connectivity index (χ2n) is 6.36. The average Bonchev–Trinajstić information content (AvgIpc) is 3.50. The highest BCUT2D eigenvalue weighted by Gasteiger charge is 2.37. The molecule has 0 N–H and O–H groups in total. The Bertz CT molecular complexity index is 711. The Balaban J connectivity index is 1.94. The van der Waals surface area contributed by atoms with Crippen molar-refractivity contribution in [3.05, 3.63) is 21.7 Å². The van der Waals surface area contributed by atoms with E-state index in [1.807, 2.05) is 0 Å². The number of ether oxygens (including phenoxy) is 3. The van der Waals surface area contributed by atoms with Crippen molar-refractivity contribution >= 4 is 11.6 Å². The number of nitrogens with zero attached hydrogens (tertiary/aromatic N) is 3. The highest BCUT2D eigenvalue weighted by atomic mass is 16.6. The molecule has 9 heteroatoms. The molecule has 1 aliphatic heterocycles. The highest BCUT2D eigenvalue weighted by molar-refractivity contribution is 6.00. The van der Waals surface area contributed by atoms with Crippen LogP contribution in [0.4, 0.5) is 5.69 Å². The molecular formula is C17H23N3O6. The summed E-state index contributed by atoms with van der Waals surface area (Å²) in [7, 11) is 4.07. The zero-order valence-electron chi connectivity index (χ0n) is 15.2. The second kappa shape index (κ2) is 7.36. The Morgan fingerprint density at radius 3 is 2.15 bits per heavy atom. The third-order valence-corrected chi connectivity index (χ3v) is 4.88. The third kappa shape index (κ3) is 3.26. The number of carbonyl (C=O) groups is 1. The smallest absolute Gasteiger partial charge is 0.327 e. The van der Waals surface area contributed by atoms with Crippen LogP contribution in [0.25, 0.3) is 0 Å². The van der Waals surface area contributed by atoms with Gasteiger partial charge in [0.05, 0.1) is 26.3 Å². The molecule has 0 bridgehead atoms. The minimum absolute atomic E-state index is 0.0515. The topological polar surface area (TPSA) is 94.4 Å². The maximum Gasteiger partial charge on any atom is 0.327 e. The van der Waals surface area contributed by atoms with Crippen molar-refractivity contribution in [1.29, 1.82) is 0 Å². The molecule has 0 aromatic heterocycles. The van der Waals surface area contributed by atoms with Crippen molar-refractivity contribution in [3.63, 3.8) is 0 Å². The second-order valence-corrected chi connectivity index (χ2v) is 6.36. The first-order valence-corrected chi connectivity index (χ1v) is 8.52. The van der Waals surface area contributed by atoms with Crippen LogP contribution in [-0.4, -0.2) is 74.2 Å². The van der Waals surface area contributed by atoms with Crippen molar-refractivity contribution in [3.8, 4) is 17.2 Å². The van der Waals surface area contributed by atoms with E-state index in [9.17, 15) is 14.9 Å². The average molecular weight is 365 g/mol. The number of piperazine rings is 1. The predicted octanol–water partition coefficient (Wildman–Crippen LogP) is 1.54. The van der Waals surface area contributed by atoms with Crippen LogP contribution in [0.5, 0.6) is 17.2 Å². The summed E-state index contributed by atoms with van der Waals surface area (Å²) in [5.41, 5.74) is -0.454. The zero-order valence-corrected chi connectivity index (χ0v) is 15.2. The number of nitro groups is 1. The van der Waals surface area contributed by atoms with E-state index in [1.165, 1.54) is 40.2 Å². The molecule has 1 aromatic carbocycles. The molecule has 1 heterocycles. The van der Waals surface area contributed by atoms with Crippen LogP contribution in [0.3, 0.4) is 0 Å². The van der Waals surface area contributed by atoms with Crippen LogP contribution in [0.1, 0.15) is 23.2 Å². The predicted molar refractivity (Wildman–Crippen MR) is 93.3 cm³/mol. The van der Waals surface area contributed by atoms with Gasteiger partial charge >= 0.3 is 5.69 Å². The molecule has 1 amide bonds. The molecule has 2 fully saturated rings. The Labute approximate surface area is 151 Å². The first kappa shape index (κ1) is 18.2. The van der Waals surface area contributed by atoms with Gasteiger partial charge in [0.1, 0.15) is 5.56 Å². The summed E-state index contributed by atoms with van der Waals surface area (Å²) in [4.78, 5) is 28.1. The number of carbonyl (C=O) groups excluding carboxylic acids is 1. The molecular weight excluding hydrogens is 342 g/mol. The quantitative estimate of drug-likeness (QED) is 0.557. The minimum atomic E-state index is -0.617. The number of amides is 1. The molecule has 1 aliphatic carbocycles. The van der Waals surface area contributed by atoms with Crippen LogP contribution < -0.4 is 14.2 Å². The lowest BCUT2D eigenvalue weighted by atomic mass is 10.1. The van der Waals surface area contributed by atoms with Gasteiger partial charge in [-0.3, -0.25) is 19.8 Å². The van der Waals surface area contributed by atoms with Crippen molar-refractivity contribution in [2.75, 3.05) is 47.5 Å². The SMILES string of the molecule is COc1cc(C(=O)N2CCN(C3CC3)CC2)c([N+](=O)[O-])c(OC)c1OC. The zero-order chi connectivity index (χ0) is 18.8. The lowest BCUT2D eigenvalue weighted by Crippen LogP contribution is -2.49. The van der Waals surface area contributed by atoms with Gasteiger partial charge in [0.2, 0.25) is 11.5 Å². The summed E-state index contributed by atoms with van der Waals surface area (Å²) in [6, 6.07) is 2.00. The molecule has 2 aliphatic rings. The van der Waals surface area contributed by atoms with Gasteiger partial charge < -0.3 is 19.1 Å². The highest BCUT2D eigenvalue weighted by Crippen LogP contribution is 2.46. The van der Waals surface area contributed by atoms with Gasteiger partial charge in [-0.1, -0.05) is 0 Å². The number of rotatable bonds is 6. The van der Waals surface area contributed by atoms with Crippen molar-refractivity contribution in [2.45, 2.75) is 18.9 Å². The van der Waals surface area contributed by atoms with Crippen LogP contribution in [0.15, 0.2) is 6.07 Å². The Kier molecular flexibility index (Phi) is 5.17. The van der Waals surface area contributed by atoms with E-state index in [0.717, 1.165) is 13.1 Å². The van der Waals surface area contributed by atoms with E-state index in [4.69, 9.17) is 14.2 Å². The molecule has 26 heavy (non-hydrogen) atoms. The van der Waals surface area contributed by atoms with Gasteiger partial charge in [-0.05, 0) is 12.8 Å². The fourth-order valence-electron chi connectivity index (χ4n) is 3.39. The monoisotopic (exact) mass is 365 g/mol. The van der Waals surface area contributed by atoms with Gasteiger partial charge in [0.15, 0.2) is 5.75 Å². The summed E-state index contributed by atoms with van der Waals surface area (Å²) >= 11 is 0. The molecule has 1 saturated carbocycles. The summed E-state index contributed by atoms with van der Waals surface area (Å²) in [5.74, 6) is -0.199. The number of hydrogen-bond donors (Lipinski definition) is 0. The Morgan fingerprint density at radius 1 is 1.08 bits per heavy atom. The van der Waals surface area contributed by atoms with Gasteiger partial charge in [0.25, 0.3) is 5.91 Å². The molecule has 0 atom stereocenters. The fraction of sp³-hybridized carbons (Fsp3) is 0.588. The van der Waals surface area contributed by atoms with Gasteiger partial charge in [-0.15, -0.1) is 0 Å². The van der Waals surface area contributed by atoms with Crippen molar-refractivity contribution in [2.24, 2.45) is 0 Å². The normalized spacial score (nSPS) is 17.7. The van der Waals surface area contributed by atoms with Gasteiger partial charge in [0, 0.05) is 38.3 Å². The maximum atomic E-state index is 13.0. The van der Waals surface area contributed by atoms with Gasteiger partial charge in [-0.25, -0.2) is 0 Å². The third-order valence-electron chi connectivity index (χ3n) is 4.88. The largest absolute Gasteiger partial charge is 0.493 e. The number of hydrogen-bond acceptors (Lipinski definition) is 7. The lowest BCUT2D eigenvalue weighted by Gasteiger charge is -2.34. The first-order chi connectivity index (χ1) is 12.5. The molecule has 3 rings (SSSR count). The molecule has 0 unspecified atom stereocenters. The van der Waals surface area contributed by atoms with Crippen LogP contribution in [0.2, 0.25) is 0 Å². The lowest BCUT2D eigenvalue weighted by molar-refractivity contribution is -0.386. The minimum Gasteiger partial charge on any atom is -0.493 e. The Hall–Kier alpha value is -2.55. The van der Waals surface area contributed by atoms with E-state index in [2.05, 4.69) is 4.90 Å². The van der Waals surface area contributed by atoms with E-state index in [0.29, 0.717) is 19.1 Å². The summed E-state index contributed by atoms with van der Waals surface area (Å²) < 4.78 is 15.6. The van der Waals surface area contributed by atoms with E-state index < -0.39 is 16.5 Å². The molecule has 0 radical (unpaired) electrons. The molecule has 9 nitrogen and oxygen atoms in total. The maximum absolute atomic E-state index is 13.0. The van der Waals surface area contributed by atoms with Crippen LogP contribution in [-0.2, 0) is 0 Å². The number of methoxy groups -OCH3 is 3. The first-order valence-electron chi connectivity index (χ1n) is 8.52.